The summed E-state index contributed by atoms with van der Waals surface area (Å²) < 4.78 is 34.7. The molecule has 1 fully saturated rings. The van der Waals surface area contributed by atoms with Gasteiger partial charge in [-0.25, -0.2) is 13.2 Å². The Balaban J connectivity index is 1.39. The van der Waals surface area contributed by atoms with Gasteiger partial charge >= 0.3 is 5.76 Å². The fraction of sp³-hybridized carbons (Fsp3) is 0.440. The molecule has 9 heteroatoms. The number of carbonyl (C=O) groups excluding carboxylic acids is 1. The van der Waals surface area contributed by atoms with Crippen LogP contribution in [-0.4, -0.2) is 36.3 Å². The number of fused-ring (bicyclic) bond motifs is 1. The number of hydrogen-bond donors (Lipinski definition) is 1. The molecule has 1 aliphatic rings. The molecule has 1 N–H and O–H groups in total. The van der Waals surface area contributed by atoms with Crippen LogP contribution >= 0.6 is 0 Å². The van der Waals surface area contributed by atoms with Gasteiger partial charge < -0.3 is 9.73 Å². The Morgan fingerprint density at radius 1 is 1.12 bits per heavy atom. The molecule has 0 spiro atoms. The molecule has 182 valence electrons. The number of hydrogen-bond acceptors (Lipinski definition) is 5. The number of para-hydroxylation sites is 1. The van der Waals surface area contributed by atoms with Crippen molar-refractivity contribution in [1.82, 2.24) is 8.87 Å². The van der Waals surface area contributed by atoms with Crippen LogP contribution in [0.2, 0.25) is 0 Å². The maximum atomic E-state index is 13.2. The van der Waals surface area contributed by atoms with E-state index in [0.717, 1.165) is 24.1 Å². The fourth-order valence-electron chi connectivity index (χ4n) is 4.56. The summed E-state index contributed by atoms with van der Waals surface area (Å²) in [6.07, 6.45) is 3.21. The average molecular weight is 486 g/mol. The van der Waals surface area contributed by atoms with Crippen LogP contribution in [0.5, 0.6) is 0 Å². The fourth-order valence-corrected chi connectivity index (χ4v) is 6.04. The largest absolute Gasteiger partial charge is 0.419 e. The van der Waals surface area contributed by atoms with Gasteiger partial charge in [-0.05, 0) is 55.4 Å². The van der Waals surface area contributed by atoms with Crippen LogP contribution in [0, 0.1) is 5.92 Å². The molecular formula is C25H31N3O5S. The number of nitrogens with zero attached hydrogens (tertiary/aromatic N) is 2. The molecule has 3 aromatic rings. The molecule has 0 aliphatic carbocycles. The second-order valence-corrected chi connectivity index (χ2v) is 10.7. The van der Waals surface area contributed by atoms with Gasteiger partial charge in [-0.1, -0.05) is 32.0 Å². The Hall–Kier alpha value is -2.91. The summed E-state index contributed by atoms with van der Waals surface area (Å²) in [4.78, 5) is 24.8. The van der Waals surface area contributed by atoms with Crippen LogP contribution in [0.15, 0.2) is 56.6 Å². The Kier molecular flexibility index (Phi) is 7.23. The van der Waals surface area contributed by atoms with Gasteiger partial charge in [0.1, 0.15) is 0 Å². The first-order chi connectivity index (χ1) is 16.3. The van der Waals surface area contributed by atoms with Crippen molar-refractivity contribution in [2.24, 2.45) is 5.92 Å². The summed E-state index contributed by atoms with van der Waals surface area (Å²) in [5.74, 6) is -0.393. The normalized spacial score (nSPS) is 15.6. The van der Waals surface area contributed by atoms with E-state index < -0.39 is 15.8 Å². The van der Waals surface area contributed by atoms with Gasteiger partial charge in [0, 0.05) is 37.8 Å². The van der Waals surface area contributed by atoms with Gasteiger partial charge in [0.25, 0.3) is 0 Å². The SMILES string of the molecule is CCCn1c(=O)oc2cc(S(=O)(=O)N3CCC(CC(=O)Nc4ccccc4CC)CC3)ccc21. The van der Waals surface area contributed by atoms with E-state index in [1.165, 1.54) is 21.0 Å². The molecule has 1 aromatic heterocycles. The minimum atomic E-state index is -3.72. The van der Waals surface area contributed by atoms with E-state index >= 15 is 0 Å². The van der Waals surface area contributed by atoms with Crippen molar-refractivity contribution in [3.8, 4) is 0 Å². The second kappa shape index (κ2) is 10.1. The van der Waals surface area contributed by atoms with Crippen LogP contribution in [0.4, 0.5) is 5.69 Å². The van der Waals surface area contributed by atoms with Gasteiger partial charge in [0.2, 0.25) is 15.9 Å². The van der Waals surface area contributed by atoms with Crippen molar-refractivity contribution in [3.63, 3.8) is 0 Å². The number of piperidine rings is 1. The van der Waals surface area contributed by atoms with Gasteiger partial charge in [0.15, 0.2) is 5.58 Å². The van der Waals surface area contributed by atoms with Crippen molar-refractivity contribution in [3.05, 3.63) is 58.6 Å². The maximum Gasteiger partial charge on any atom is 0.419 e. The Morgan fingerprint density at radius 2 is 1.85 bits per heavy atom. The van der Waals surface area contributed by atoms with Crippen LogP contribution in [0.3, 0.4) is 0 Å². The van der Waals surface area contributed by atoms with E-state index in [1.54, 1.807) is 6.07 Å². The molecule has 34 heavy (non-hydrogen) atoms. The zero-order valence-corrected chi connectivity index (χ0v) is 20.4. The zero-order valence-electron chi connectivity index (χ0n) is 19.6. The highest BCUT2D eigenvalue weighted by Crippen LogP contribution is 2.28. The predicted octanol–water partition coefficient (Wildman–Crippen LogP) is 4.00. The molecule has 0 radical (unpaired) electrons. The molecule has 0 unspecified atom stereocenters. The number of anilines is 1. The van der Waals surface area contributed by atoms with Crippen molar-refractivity contribution < 1.29 is 17.6 Å². The number of benzene rings is 2. The monoisotopic (exact) mass is 485 g/mol. The van der Waals surface area contributed by atoms with Crippen LogP contribution in [-0.2, 0) is 27.8 Å². The number of aryl methyl sites for hydroxylation is 2. The minimum absolute atomic E-state index is 0.0423. The molecular weight excluding hydrogens is 454 g/mol. The number of carbonyl (C=O) groups is 1. The molecule has 0 bridgehead atoms. The number of nitrogens with one attached hydrogen (secondary N) is 1. The highest BCUT2D eigenvalue weighted by Gasteiger charge is 2.31. The summed E-state index contributed by atoms with van der Waals surface area (Å²) in [5.41, 5.74) is 2.80. The zero-order chi connectivity index (χ0) is 24.3. The van der Waals surface area contributed by atoms with Crippen LogP contribution < -0.4 is 11.1 Å². The summed E-state index contributed by atoms with van der Waals surface area (Å²) in [6.45, 7) is 5.23. The van der Waals surface area contributed by atoms with E-state index in [0.29, 0.717) is 44.4 Å². The summed E-state index contributed by atoms with van der Waals surface area (Å²) in [6, 6.07) is 12.4. The molecule has 1 saturated heterocycles. The maximum absolute atomic E-state index is 13.2. The predicted molar refractivity (Wildman–Crippen MR) is 131 cm³/mol. The van der Waals surface area contributed by atoms with E-state index in [2.05, 4.69) is 5.32 Å². The minimum Gasteiger partial charge on any atom is -0.408 e. The standard InChI is InChI=1S/C25H31N3O5S/c1-3-13-28-22-10-9-20(17-23(22)33-25(28)30)34(31,32)27-14-11-18(12-15-27)16-24(29)26-21-8-6-5-7-19(21)4-2/h5-10,17-18H,3-4,11-16H2,1-2H3,(H,26,29). The first-order valence-corrected chi connectivity index (χ1v) is 13.3. The molecule has 1 amide bonds. The van der Waals surface area contributed by atoms with E-state index in [9.17, 15) is 18.0 Å². The molecule has 1 aliphatic heterocycles. The van der Waals surface area contributed by atoms with Crippen molar-refractivity contribution in [1.29, 1.82) is 0 Å². The number of rotatable bonds is 8. The smallest absolute Gasteiger partial charge is 0.408 e. The highest BCUT2D eigenvalue weighted by atomic mass is 32.2. The molecule has 0 atom stereocenters. The Morgan fingerprint density at radius 3 is 2.56 bits per heavy atom. The molecule has 4 rings (SSSR count). The molecule has 0 saturated carbocycles. The topological polar surface area (TPSA) is 102 Å². The van der Waals surface area contributed by atoms with E-state index in [4.69, 9.17) is 4.42 Å². The van der Waals surface area contributed by atoms with E-state index in [-0.39, 0.29) is 22.3 Å². The number of sulfonamides is 1. The Bertz CT molecular complexity index is 1330. The lowest BCUT2D eigenvalue weighted by molar-refractivity contribution is -0.117. The lowest BCUT2D eigenvalue weighted by atomic mass is 9.94. The first-order valence-electron chi connectivity index (χ1n) is 11.8. The summed E-state index contributed by atoms with van der Waals surface area (Å²) in [7, 11) is -3.72. The number of aromatic nitrogens is 1. The van der Waals surface area contributed by atoms with Crippen LogP contribution in [0.25, 0.3) is 11.1 Å². The Labute approximate surface area is 199 Å². The summed E-state index contributed by atoms with van der Waals surface area (Å²) >= 11 is 0. The van der Waals surface area contributed by atoms with Gasteiger partial charge in [-0.15, -0.1) is 0 Å². The quantitative estimate of drug-likeness (QED) is 0.520. The van der Waals surface area contributed by atoms with Gasteiger partial charge in [-0.3, -0.25) is 9.36 Å². The lowest BCUT2D eigenvalue weighted by Gasteiger charge is -2.31. The molecule has 2 heterocycles. The highest BCUT2D eigenvalue weighted by molar-refractivity contribution is 7.89. The molecule has 8 nitrogen and oxygen atoms in total. The van der Waals surface area contributed by atoms with Gasteiger partial charge in [-0.2, -0.15) is 4.31 Å². The van der Waals surface area contributed by atoms with Crippen LogP contribution in [0.1, 0.15) is 45.1 Å². The van der Waals surface area contributed by atoms with Gasteiger partial charge in [0.05, 0.1) is 10.4 Å². The number of oxazole rings is 1. The van der Waals surface area contributed by atoms with Crippen molar-refractivity contribution in [2.75, 3.05) is 18.4 Å². The third-order valence-corrected chi connectivity index (χ3v) is 8.34. The van der Waals surface area contributed by atoms with Crippen molar-refractivity contribution in [2.45, 2.75) is 57.4 Å². The average Bonchev–Trinajstić information content (AvgIpc) is 3.14. The third kappa shape index (κ3) is 4.95. The molecule has 2 aromatic carbocycles. The second-order valence-electron chi connectivity index (χ2n) is 8.76. The first kappa shape index (κ1) is 24.2. The summed E-state index contributed by atoms with van der Waals surface area (Å²) in [5, 5.41) is 3.00. The lowest BCUT2D eigenvalue weighted by Crippen LogP contribution is -2.39. The van der Waals surface area contributed by atoms with Crippen molar-refractivity contribution >= 4 is 32.7 Å². The number of amides is 1. The third-order valence-electron chi connectivity index (χ3n) is 6.44. The van der Waals surface area contributed by atoms with E-state index in [1.807, 2.05) is 38.1 Å².